The molecule has 0 aliphatic heterocycles. The van der Waals surface area contributed by atoms with Gasteiger partial charge in [0, 0.05) is 30.3 Å². The molecule has 2 nitrogen and oxygen atoms in total. The molecular weight excluding hydrogens is 208 g/mol. The van der Waals surface area contributed by atoms with E-state index in [9.17, 15) is 0 Å². The Labute approximate surface area is 106 Å². The summed E-state index contributed by atoms with van der Waals surface area (Å²) in [6.07, 6.45) is 13.6. The number of nitrogens with one attached hydrogen (secondary N) is 1. The molecule has 0 heterocycles. The van der Waals surface area contributed by atoms with Crippen molar-refractivity contribution in [2.75, 3.05) is 7.05 Å². The van der Waals surface area contributed by atoms with Crippen LogP contribution >= 0.6 is 0 Å². The van der Waals surface area contributed by atoms with E-state index in [2.05, 4.69) is 12.4 Å². The minimum atomic E-state index is 0.660. The molecule has 2 fully saturated rings. The van der Waals surface area contributed by atoms with Gasteiger partial charge < -0.3 is 11.1 Å². The van der Waals surface area contributed by atoms with Crippen LogP contribution in [0.25, 0.3) is 0 Å². The molecule has 2 rings (SSSR count). The van der Waals surface area contributed by atoms with Crippen molar-refractivity contribution >= 4 is 0 Å². The average Bonchev–Trinajstić information content (AvgIpc) is 2.42. The first-order chi connectivity index (χ1) is 8.33. The van der Waals surface area contributed by atoms with Crippen LogP contribution in [0.1, 0.15) is 64.2 Å². The summed E-state index contributed by atoms with van der Waals surface area (Å²) in [7, 11) is 2.06. The molecule has 0 unspecified atom stereocenters. The van der Waals surface area contributed by atoms with Crippen LogP contribution in [0.4, 0.5) is 0 Å². The lowest BCUT2D eigenvalue weighted by Crippen LogP contribution is -2.27. The second-order valence-corrected chi connectivity index (χ2v) is 5.79. The first kappa shape index (κ1) is 12.8. The fraction of sp³-hybridized carbons (Fsp3) is 0.867. The predicted molar refractivity (Wildman–Crippen MR) is 73.4 cm³/mol. The molecule has 0 atom stereocenters. The second-order valence-electron chi connectivity index (χ2n) is 5.79. The van der Waals surface area contributed by atoms with Crippen molar-refractivity contribution < 1.29 is 0 Å². The van der Waals surface area contributed by atoms with Crippen LogP contribution in [-0.4, -0.2) is 7.05 Å². The van der Waals surface area contributed by atoms with Crippen LogP contribution in [0.3, 0.4) is 0 Å². The highest BCUT2D eigenvalue weighted by Gasteiger charge is 2.24. The fourth-order valence-corrected chi connectivity index (χ4v) is 3.61. The number of allylic oxidation sites excluding steroid dienone is 2. The average molecular weight is 236 g/mol. The number of nitrogens with two attached hydrogens (primary N) is 1. The summed E-state index contributed by atoms with van der Waals surface area (Å²) in [5.74, 6) is 1.38. The lowest BCUT2D eigenvalue weighted by atomic mass is 9.81. The molecule has 0 amide bonds. The van der Waals surface area contributed by atoms with Crippen LogP contribution in [0.5, 0.6) is 0 Å². The van der Waals surface area contributed by atoms with Crippen LogP contribution in [-0.2, 0) is 0 Å². The molecule has 2 aliphatic carbocycles. The zero-order valence-corrected chi connectivity index (χ0v) is 11.3. The number of rotatable bonds is 3. The highest BCUT2D eigenvalue weighted by Crippen LogP contribution is 2.34. The van der Waals surface area contributed by atoms with Crippen LogP contribution < -0.4 is 11.1 Å². The Morgan fingerprint density at radius 2 is 1.29 bits per heavy atom. The second kappa shape index (κ2) is 6.32. The minimum absolute atomic E-state index is 0.660. The zero-order valence-electron chi connectivity index (χ0n) is 11.3. The highest BCUT2D eigenvalue weighted by molar-refractivity contribution is 5.16. The first-order valence-corrected chi connectivity index (χ1v) is 7.50. The summed E-state index contributed by atoms with van der Waals surface area (Å²) >= 11 is 0. The van der Waals surface area contributed by atoms with E-state index in [1.165, 1.54) is 75.6 Å². The SMILES string of the molecule is CN/C(=C(\N)C1CCCCC1)C1CCCCC1. The maximum absolute atomic E-state index is 6.45. The molecule has 0 aromatic heterocycles. The van der Waals surface area contributed by atoms with Gasteiger partial charge in [0.25, 0.3) is 0 Å². The van der Waals surface area contributed by atoms with Gasteiger partial charge in [-0.2, -0.15) is 0 Å². The third-order valence-electron chi connectivity index (χ3n) is 4.64. The van der Waals surface area contributed by atoms with Crippen molar-refractivity contribution in [1.29, 1.82) is 0 Å². The van der Waals surface area contributed by atoms with Crippen molar-refractivity contribution in [2.45, 2.75) is 64.2 Å². The van der Waals surface area contributed by atoms with Crippen molar-refractivity contribution in [3.05, 3.63) is 11.4 Å². The van der Waals surface area contributed by atoms with E-state index >= 15 is 0 Å². The smallest absolute Gasteiger partial charge is 0.0329 e. The fourth-order valence-electron chi connectivity index (χ4n) is 3.61. The summed E-state index contributed by atoms with van der Waals surface area (Å²) in [6.45, 7) is 0. The van der Waals surface area contributed by atoms with Crippen LogP contribution in [0.15, 0.2) is 11.4 Å². The summed E-state index contributed by atoms with van der Waals surface area (Å²) in [6, 6.07) is 0. The van der Waals surface area contributed by atoms with E-state index < -0.39 is 0 Å². The van der Waals surface area contributed by atoms with Crippen molar-refractivity contribution in [3.8, 4) is 0 Å². The third kappa shape index (κ3) is 3.17. The van der Waals surface area contributed by atoms with E-state index in [-0.39, 0.29) is 0 Å². The molecule has 0 saturated heterocycles. The Morgan fingerprint density at radius 1 is 0.824 bits per heavy atom. The molecule has 17 heavy (non-hydrogen) atoms. The minimum Gasteiger partial charge on any atom is -0.400 e. The summed E-state index contributed by atoms with van der Waals surface area (Å²) < 4.78 is 0. The standard InChI is InChI=1S/C15H28N2/c1-17-15(13-10-6-3-7-11-13)14(16)12-8-4-2-5-9-12/h12-13,17H,2-11,16H2,1H3/b15-14-. The lowest BCUT2D eigenvalue weighted by Gasteiger charge is -2.30. The van der Waals surface area contributed by atoms with Crippen molar-refractivity contribution in [1.82, 2.24) is 5.32 Å². The van der Waals surface area contributed by atoms with E-state index in [1.807, 2.05) is 0 Å². The Hall–Kier alpha value is -0.660. The van der Waals surface area contributed by atoms with Gasteiger partial charge in [0.2, 0.25) is 0 Å². The maximum atomic E-state index is 6.45. The summed E-state index contributed by atoms with van der Waals surface area (Å²) in [4.78, 5) is 0. The lowest BCUT2D eigenvalue weighted by molar-refractivity contribution is 0.362. The molecule has 0 radical (unpaired) electrons. The number of hydrogen-bond donors (Lipinski definition) is 2. The largest absolute Gasteiger partial charge is 0.400 e. The topological polar surface area (TPSA) is 38.0 Å². The Bertz CT molecular complexity index is 258. The summed E-state index contributed by atoms with van der Waals surface area (Å²) in [5.41, 5.74) is 9.03. The molecule has 2 saturated carbocycles. The Balaban J connectivity index is 2.06. The van der Waals surface area contributed by atoms with Gasteiger partial charge in [0.1, 0.15) is 0 Å². The van der Waals surface area contributed by atoms with E-state index in [4.69, 9.17) is 5.73 Å². The van der Waals surface area contributed by atoms with Crippen LogP contribution in [0, 0.1) is 11.8 Å². The normalized spacial score (nSPS) is 25.5. The van der Waals surface area contributed by atoms with Gasteiger partial charge in [-0.15, -0.1) is 0 Å². The van der Waals surface area contributed by atoms with Crippen molar-refractivity contribution in [3.63, 3.8) is 0 Å². The van der Waals surface area contributed by atoms with Gasteiger partial charge >= 0.3 is 0 Å². The predicted octanol–water partition coefficient (Wildman–Crippen LogP) is 3.54. The molecule has 0 aromatic rings. The monoisotopic (exact) mass is 236 g/mol. The Morgan fingerprint density at radius 3 is 1.76 bits per heavy atom. The van der Waals surface area contributed by atoms with E-state index in [1.54, 1.807) is 0 Å². The quantitative estimate of drug-likeness (QED) is 0.786. The maximum Gasteiger partial charge on any atom is 0.0329 e. The molecule has 0 bridgehead atoms. The molecule has 98 valence electrons. The summed E-state index contributed by atoms with van der Waals surface area (Å²) in [5, 5.41) is 3.42. The number of hydrogen-bond acceptors (Lipinski definition) is 2. The van der Waals surface area contributed by atoms with E-state index in [0.717, 1.165) is 5.92 Å². The van der Waals surface area contributed by atoms with Gasteiger partial charge in [0.05, 0.1) is 0 Å². The highest BCUT2D eigenvalue weighted by atomic mass is 14.9. The molecule has 0 aromatic carbocycles. The molecule has 3 N–H and O–H groups in total. The van der Waals surface area contributed by atoms with Gasteiger partial charge in [-0.25, -0.2) is 0 Å². The van der Waals surface area contributed by atoms with Gasteiger partial charge in [-0.1, -0.05) is 38.5 Å². The van der Waals surface area contributed by atoms with Gasteiger partial charge in [-0.3, -0.25) is 0 Å². The Kier molecular flexibility index (Phi) is 4.75. The van der Waals surface area contributed by atoms with E-state index in [0.29, 0.717) is 5.92 Å². The van der Waals surface area contributed by atoms with Gasteiger partial charge in [-0.05, 0) is 25.7 Å². The zero-order chi connectivity index (χ0) is 12.1. The molecule has 2 aliphatic rings. The van der Waals surface area contributed by atoms with Gasteiger partial charge in [0.15, 0.2) is 0 Å². The first-order valence-electron chi connectivity index (χ1n) is 7.50. The van der Waals surface area contributed by atoms with Crippen molar-refractivity contribution in [2.24, 2.45) is 17.6 Å². The molecular formula is C15H28N2. The molecule has 0 spiro atoms. The third-order valence-corrected chi connectivity index (χ3v) is 4.64. The molecule has 2 heteroatoms. The van der Waals surface area contributed by atoms with Crippen LogP contribution in [0.2, 0.25) is 0 Å².